The van der Waals surface area contributed by atoms with Crippen molar-refractivity contribution >= 4 is 23.5 Å². The molecule has 1 aromatic heterocycles. The minimum atomic E-state index is -0.794. The Bertz CT molecular complexity index is 1000. The summed E-state index contributed by atoms with van der Waals surface area (Å²) in [5.74, 6) is -0.219. The normalized spacial score (nSPS) is 23.6. The Hall–Kier alpha value is -2.64. The number of halogens is 1. The van der Waals surface area contributed by atoms with E-state index in [0.29, 0.717) is 24.6 Å². The van der Waals surface area contributed by atoms with Crippen LogP contribution in [0.15, 0.2) is 47.1 Å². The highest BCUT2D eigenvalue weighted by Gasteiger charge is 2.51. The van der Waals surface area contributed by atoms with Crippen LogP contribution in [0.25, 0.3) is 0 Å². The number of oxazole rings is 1. The summed E-state index contributed by atoms with van der Waals surface area (Å²) in [4.78, 5) is 27.7. The topological polar surface area (TPSA) is 102 Å². The summed E-state index contributed by atoms with van der Waals surface area (Å²) >= 11 is 5.91. The highest BCUT2D eigenvalue weighted by atomic mass is 35.5. The summed E-state index contributed by atoms with van der Waals surface area (Å²) in [6.45, 7) is 0.579. The zero-order chi connectivity index (χ0) is 23.9. The SMILES string of the molecule is O=C(O)CCC=CC[C@@H]1[C@H](c2nc(C(=O)NCCCCc3ccc(Cl)cc3)co2)[C@H]2CC[C@@H]1O2. The molecule has 1 amide bonds. The second-order valence-electron chi connectivity index (χ2n) is 9.03. The van der Waals surface area contributed by atoms with Crippen LogP contribution in [0.2, 0.25) is 5.02 Å². The van der Waals surface area contributed by atoms with Gasteiger partial charge >= 0.3 is 5.97 Å². The molecule has 0 unspecified atom stereocenters. The molecule has 2 fully saturated rings. The van der Waals surface area contributed by atoms with E-state index < -0.39 is 5.97 Å². The summed E-state index contributed by atoms with van der Waals surface area (Å²) in [6, 6.07) is 7.83. The third-order valence-corrected chi connectivity index (χ3v) is 6.91. The summed E-state index contributed by atoms with van der Waals surface area (Å²) < 4.78 is 11.9. The van der Waals surface area contributed by atoms with E-state index in [-0.39, 0.29) is 36.4 Å². The first-order chi connectivity index (χ1) is 16.5. The maximum atomic E-state index is 12.5. The number of hydrogen-bond acceptors (Lipinski definition) is 5. The number of carbonyl (C=O) groups is 2. The van der Waals surface area contributed by atoms with Crippen LogP contribution in [0.4, 0.5) is 0 Å². The zero-order valence-electron chi connectivity index (χ0n) is 19.1. The average Bonchev–Trinajstić information content (AvgIpc) is 3.56. The van der Waals surface area contributed by atoms with E-state index in [1.165, 1.54) is 11.8 Å². The second kappa shape index (κ2) is 11.7. The van der Waals surface area contributed by atoms with Gasteiger partial charge in [0.1, 0.15) is 6.26 Å². The molecule has 2 saturated heterocycles. The molecule has 2 aromatic rings. The van der Waals surface area contributed by atoms with Crippen molar-refractivity contribution in [2.24, 2.45) is 5.92 Å². The maximum absolute atomic E-state index is 12.5. The Labute approximate surface area is 204 Å². The van der Waals surface area contributed by atoms with E-state index in [4.69, 9.17) is 25.9 Å². The molecule has 7 nitrogen and oxygen atoms in total. The van der Waals surface area contributed by atoms with Crippen LogP contribution in [0.5, 0.6) is 0 Å². The monoisotopic (exact) mass is 486 g/mol. The standard InChI is InChI=1S/C26H31ClN2O5/c27-18-11-9-17(10-12-18)6-4-5-15-28-25(32)20-16-33-26(29-20)24-19(21-13-14-22(24)34-21)7-2-1-3-8-23(30)31/h1-2,9-12,16,19,21-22,24H,3-8,13-15H2,(H,28,32)(H,30,31)/t19-,21-,22+,24-/m0/s1. The van der Waals surface area contributed by atoms with E-state index in [0.717, 1.165) is 43.5 Å². The van der Waals surface area contributed by atoms with Gasteiger partial charge in [0.2, 0.25) is 5.89 Å². The number of aryl methyl sites for hydroxylation is 1. The fourth-order valence-electron chi connectivity index (χ4n) is 4.94. The van der Waals surface area contributed by atoms with Gasteiger partial charge in [-0.2, -0.15) is 0 Å². The zero-order valence-corrected chi connectivity index (χ0v) is 19.9. The molecule has 34 heavy (non-hydrogen) atoms. The number of carbonyl (C=O) groups excluding carboxylic acids is 1. The minimum absolute atomic E-state index is 0.0174. The number of aliphatic carboxylic acids is 1. The number of amides is 1. The van der Waals surface area contributed by atoms with Crippen LogP contribution >= 0.6 is 11.6 Å². The first kappa shape index (κ1) is 24.5. The van der Waals surface area contributed by atoms with Gasteiger partial charge in [0.25, 0.3) is 5.91 Å². The van der Waals surface area contributed by atoms with E-state index in [9.17, 15) is 9.59 Å². The lowest BCUT2D eigenvalue weighted by Gasteiger charge is -2.24. The number of carboxylic acid groups (broad SMARTS) is 1. The van der Waals surface area contributed by atoms with Crippen molar-refractivity contribution in [3.63, 3.8) is 0 Å². The number of ether oxygens (including phenoxy) is 1. The Balaban J connectivity index is 1.25. The number of nitrogens with one attached hydrogen (secondary N) is 1. The molecule has 0 saturated carbocycles. The van der Waals surface area contributed by atoms with Gasteiger partial charge in [-0.15, -0.1) is 0 Å². The number of benzene rings is 1. The molecule has 3 heterocycles. The van der Waals surface area contributed by atoms with Crippen molar-refractivity contribution in [2.45, 2.75) is 69.5 Å². The predicted molar refractivity (Wildman–Crippen MR) is 128 cm³/mol. The van der Waals surface area contributed by atoms with Crippen molar-refractivity contribution in [1.82, 2.24) is 10.3 Å². The predicted octanol–water partition coefficient (Wildman–Crippen LogP) is 5.15. The largest absolute Gasteiger partial charge is 0.481 e. The van der Waals surface area contributed by atoms with Crippen molar-refractivity contribution in [2.75, 3.05) is 6.54 Å². The molecule has 1 aromatic carbocycles. The van der Waals surface area contributed by atoms with Gasteiger partial charge in [0.15, 0.2) is 5.69 Å². The second-order valence-corrected chi connectivity index (χ2v) is 9.47. The molecule has 182 valence electrons. The number of rotatable bonds is 12. The van der Waals surface area contributed by atoms with E-state index in [1.54, 1.807) is 0 Å². The highest BCUT2D eigenvalue weighted by molar-refractivity contribution is 6.30. The van der Waals surface area contributed by atoms with Crippen LogP contribution < -0.4 is 5.32 Å². The van der Waals surface area contributed by atoms with Gasteiger partial charge in [0, 0.05) is 23.9 Å². The first-order valence-corrected chi connectivity index (χ1v) is 12.4. The third kappa shape index (κ3) is 6.27. The lowest BCUT2D eigenvalue weighted by molar-refractivity contribution is -0.136. The van der Waals surface area contributed by atoms with Crippen molar-refractivity contribution in [3.05, 3.63) is 64.9 Å². The molecular formula is C26H31ClN2O5. The quantitative estimate of drug-likeness (QED) is 0.317. The molecule has 2 aliphatic heterocycles. The van der Waals surface area contributed by atoms with E-state index in [1.807, 2.05) is 36.4 Å². The fourth-order valence-corrected chi connectivity index (χ4v) is 5.06. The molecular weight excluding hydrogens is 456 g/mol. The number of carboxylic acids is 1. The summed E-state index contributed by atoms with van der Waals surface area (Å²) in [7, 11) is 0. The molecule has 0 spiro atoms. The number of fused-ring (bicyclic) bond motifs is 2. The van der Waals surface area contributed by atoms with Crippen LogP contribution in [0.1, 0.15) is 72.8 Å². The molecule has 4 atom stereocenters. The van der Waals surface area contributed by atoms with Crippen LogP contribution in [-0.2, 0) is 16.0 Å². The van der Waals surface area contributed by atoms with Gasteiger partial charge in [-0.25, -0.2) is 4.98 Å². The van der Waals surface area contributed by atoms with Crippen LogP contribution in [0.3, 0.4) is 0 Å². The van der Waals surface area contributed by atoms with Gasteiger partial charge < -0.3 is 19.6 Å². The molecule has 2 aliphatic rings. The van der Waals surface area contributed by atoms with Gasteiger partial charge in [-0.05, 0) is 62.6 Å². The minimum Gasteiger partial charge on any atom is -0.481 e. The number of aromatic nitrogens is 1. The van der Waals surface area contributed by atoms with Crippen molar-refractivity contribution in [3.8, 4) is 0 Å². The number of unbranched alkanes of at least 4 members (excludes halogenated alkanes) is 1. The molecule has 8 heteroatoms. The first-order valence-electron chi connectivity index (χ1n) is 12.0. The third-order valence-electron chi connectivity index (χ3n) is 6.66. The van der Waals surface area contributed by atoms with E-state index in [2.05, 4.69) is 10.3 Å². The Kier molecular flexibility index (Phi) is 8.40. The fraction of sp³-hybridized carbons (Fsp3) is 0.500. The maximum Gasteiger partial charge on any atom is 0.303 e. The lowest BCUT2D eigenvalue weighted by Crippen LogP contribution is -2.26. The van der Waals surface area contributed by atoms with Gasteiger partial charge in [0.05, 0.1) is 18.1 Å². The highest BCUT2D eigenvalue weighted by Crippen LogP contribution is 2.50. The molecule has 2 bridgehead atoms. The number of nitrogens with zero attached hydrogens (tertiary/aromatic N) is 1. The molecule has 0 aliphatic carbocycles. The molecule has 2 N–H and O–H groups in total. The molecule has 4 rings (SSSR count). The van der Waals surface area contributed by atoms with E-state index >= 15 is 0 Å². The lowest BCUT2D eigenvalue weighted by atomic mass is 9.77. The number of hydrogen-bond donors (Lipinski definition) is 2. The Morgan fingerprint density at radius 1 is 1.15 bits per heavy atom. The van der Waals surface area contributed by atoms with Crippen LogP contribution in [-0.4, -0.2) is 40.7 Å². The number of allylic oxidation sites excluding steroid dienone is 2. The van der Waals surface area contributed by atoms with Crippen LogP contribution in [0, 0.1) is 5.92 Å². The Morgan fingerprint density at radius 3 is 2.74 bits per heavy atom. The average molecular weight is 487 g/mol. The Morgan fingerprint density at radius 2 is 1.94 bits per heavy atom. The van der Waals surface area contributed by atoms with Crippen molar-refractivity contribution in [1.29, 1.82) is 0 Å². The summed E-state index contributed by atoms with van der Waals surface area (Å²) in [5.41, 5.74) is 1.53. The van der Waals surface area contributed by atoms with Gasteiger partial charge in [-0.1, -0.05) is 35.9 Å². The smallest absolute Gasteiger partial charge is 0.303 e. The summed E-state index contributed by atoms with van der Waals surface area (Å²) in [6.07, 6.45) is 11.8. The van der Waals surface area contributed by atoms with Crippen molar-refractivity contribution < 1.29 is 23.8 Å². The van der Waals surface area contributed by atoms with Gasteiger partial charge in [-0.3, -0.25) is 9.59 Å². The molecule has 0 radical (unpaired) electrons. The summed E-state index contributed by atoms with van der Waals surface area (Å²) in [5, 5.41) is 12.4.